The van der Waals surface area contributed by atoms with Gasteiger partial charge in [-0.05, 0) is 48.0 Å². The Morgan fingerprint density at radius 2 is 1.69 bits per heavy atom. The summed E-state index contributed by atoms with van der Waals surface area (Å²) in [4.78, 5) is 17.8. The Labute approximate surface area is 181 Å². The minimum absolute atomic E-state index is 0.810. The molecule has 0 saturated carbocycles. The van der Waals surface area contributed by atoms with E-state index in [2.05, 4.69) is 21.4 Å². The number of anilines is 2. The second-order valence-electron chi connectivity index (χ2n) is 6.47. The number of rotatable bonds is 4. The smallest absolute Gasteiger partial charge is 0.490 e. The summed E-state index contributed by atoms with van der Waals surface area (Å²) in [5.41, 5.74) is 4.09. The van der Waals surface area contributed by atoms with Crippen molar-refractivity contribution in [3.05, 3.63) is 79.1 Å². The lowest BCUT2D eigenvalue weighted by Crippen LogP contribution is -2.21. The van der Waals surface area contributed by atoms with E-state index in [0.29, 0.717) is 0 Å². The van der Waals surface area contributed by atoms with Crippen LogP contribution in [0.1, 0.15) is 0 Å². The number of aliphatic carboxylic acids is 1. The SMILES string of the molecule is COc1ccc(-c2cnc3cccc(Nc4ccccn4)c3c2)cc1.O=C(O)C(F)(F)F. The first-order valence-corrected chi connectivity index (χ1v) is 9.29. The number of aromatic nitrogens is 2. The first kappa shape index (κ1) is 22.5. The summed E-state index contributed by atoms with van der Waals surface area (Å²) in [5.74, 6) is -1.10. The van der Waals surface area contributed by atoms with E-state index in [9.17, 15) is 13.2 Å². The van der Waals surface area contributed by atoms with Crippen LogP contribution in [0.4, 0.5) is 24.7 Å². The molecule has 0 aliphatic heterocycles. The van der Waals surface area contributed by atoms with Gasteiger partial charge in [0.2, 0.25) is 0 Å². The highest BCUT2D eigenvalue weighted by Gasteiger charge is 2.38. The van der Waals surface area contributed by atoms with Crippen molar-refractivity contribution in [2.75, 3.05) is 12.4 Å². The van der Waals surface area contributed by atoms with Crippen molar-refractivity contribution in [2.45, 2.75) is 6.18 Å². The number of benzene rings is 2. The number of nitrogens with zero attached hydrogens (tertiary/aromatic N) is 2. The topological polar surface area (TPSA) is 84.3 Å². The van der Waals surface area contributed by atoms with Crippen molar-refractivity contribution >= 4 is 28.4 Å². The molecule has 2 N–H and O–H groups in total. The van der Waals surface area contributed by atoms with E-state index >= 15 is 0 Å². The molecule has 6 nitrogen and oxygen atoms in total. The average Bonchev–Trinajstić information content (AvgIpc) is 2.79. The molecule has 0 aliphatic carbocycles. The van der Waals surface area contributed by atoms with Crippen molar-refractivity contribution in [2.24, 2.45) is 0 Å². The fourth-order valence-corrected chi connectivity index (χ4v) is 2.77. The van der Waals surface area contributed by atoms with Crippen LogP contribution in [0, 0.1) is 0 Å². The lowest BCUT2D eigenvalue weighted by atomic mass is 10.0. The van der Waals surface area contributed by atoms with Gasteiger partial charge in [0.15, 0.2) is 0 Å². The number of halogens is 3. The number of fused-ring (bicyclic) bond motifs is 1. The van der Waals surface area contributed by atoms with Crippen LogP contribution in [0.5, 0.6) is 5.75 Å². The second-order valence-corrected chi connectivity index (χ2v) is 6.47. The third kappa shape index (κ3) is 5.72. The van der Waals surface area contributed by atoms with Crippen molar-refractivity contribution in [1.29, 1.82) is 0 Å². The first-order valence-electron chi connectivity index (χ1n) is 9.29. The largest absolute Gasteiger partial charge is 0.497 e. The Kier molecular flexibility index (Phi) is 6.89. The van der Waals surface area contributed by atoms with Gasteiger partial charge in [0.25, 0.3) is 0 Å². The van der Waals surface area contributed by atoms with E-state index in [4.69, 9.17) is 14.6 Å². The molecule has 9 heteroatoms. The number of nitrogens with one attached hydrogen (secondary N) is 1. The first-order chi connectivity index (χ1) is 15.3. The third-order valence-corrected chi connectivity index (χ3v) is 4.32. The normalized spacial score (nSPS) is 10.8. The fourth-order valence-electron chi connectivity index (χ4n) is 2.77. The Hall–Kier alpha value is -4.14. The second kappa shape index (κ2) is 9.78. The van der Waals surface area contributed by atoms with Gasteiger partial charge >= 0.3 is 12.1 Å². The molecular formula is C23H18F3N3O3. The van der Waals surface area contributed by atoms with Gasteiger partial charge in [-0.1, -0.05) is 24.3 Å². The van der Waals surface area contributed by atoms with E-state index in [1.54, 1.807) is 13.3 Å². The predicted molar refractivity (Wildman–Crippen MR) is 115 cm³/mol. The monoisotopic (exact) mass is 441 g/mol. The maximum atomic E-state index is 10.6. The third-order valence-electron chi connectivity index (χ3n) is 4.32. The van der Waals surface area contributed by atoms with Crippen LogP contribution in [0.25, 0.3) is 22.0 Å². The summed E-state index contributed by atoms with van der Waals surface area (Å²) in [5, 5.41) is 11.6. The van der Waals surface area contributed by atoms with Crippen LogP contribution in [0.15, 0.2) is 79.1 Å². The average molecular weight is 441 g/mol. The zero-order valence-electron chi connectivity index (χ0n) is 16.8. The van der Waals surface area contributed by atoms with Crippen LogP contribution in [0.2, 0.25) is 0 Å². The molecule has 2 aromatic heterocycles. The summed E-state index contributed by atoms with van der Waals surface area (Å²) in [6.45, 7) is 0. The van der Waals surface area contributed by atoms with Gasteiger partial charge in [0.1, 0.15) is 11.6 Å². The van der Waals surface area contributed by atoms with Gasteiger partial charge in [-0.25, -0.2) is 9.78 Å². The molecule has 164 valence electrons. The molecule has 2 heterocycles. The fraction of sp³-hybridized carbons (Fsp3) is 0.0870. The lowest BCUT2D eigenvalue weighted by Gasteiger charge is -2.10. The number of carboxylic acid groups (broad SMARTS) is 1. The van der Waals surface area contributed by atoms with Gasteiger partial charge in [-0.3, -0.25) is 4.98 Å². The van der Waals surface area contributed by atoms with Gasteiger partial charge in [0.05, 0.1) is 12.6 Å². The van der Waals surface area contributed by atoms with E-state index in [1.165, 1.54) is 0 Å². The minimum Gasteiger partial charge on any atom is -0.497 e. The zero-order chi connectivity index (χ0) is 23.1. The van der Waals surface area contributed by atoms with Crippen molar-refractivity contribution < 1.29 is 27.8 Å². The maximum absolute atomic E-state index is 10.6. The minimum atomic E-state index is -5.08. The molecule has 0 atom stereocenters. The number of carboxylic acids is 1. The summed E-state index contributed by atoms with van der Waals surface area (Å²) < 4.78 is 37.0. The molecule has 0 saturated heterocycles. The molecule has 0 amide bonds. The van der Waals surface area contributed by atoms with Crippen LogP contribution < -0.4 is 10.1 Å². The predicted octanol–water partition coefficient (Wildman–Crippen LogP) is 5.68. The van der Waals surface area contributed by atoms with Crippen LogP contribution >= 0.6 is 0 Å². The molecule has 4 rings (SSSR count). The van der Waals surface area contributed by atoms with E-state index in [-0.39, 0.29) is 0 Å². The summed E-state index contributed by atoms with van der Waals surface area (Å²) in [7, 11) is 1.67. The Morgan fingerprint density at radius 3 is 2.28 bits per heavy atom. The van der Waals surface area contributed by atoms with Crippen molar-refractivity contribution in [3.63, 3.8) is 0 Å². The number of hydrogen-bond donors (Lipinski definition) is 2. The van der Waals surface area contributed by atoms with E-state index < -0.39 is 12.1 Å². The van der Waals surface area contributed by atoms with Crippen molar-refractivity contribution in [1.82, 2.24) is 9.97 Å². The number of alkyl halides is 3. The number of methoxy groups -OCH3 is 1. The Bertz CT molecular complexity index is 1200. The van der Waals surface area contributed by atoms with Crippen LogP contribution in [-0.4, -0.2) is 34.3 Å². The lowest BCUT2D eigenvalue weighted by molar-refractivity contribution is -0.192. The van der Waals surface area contributed by atoms with Gasteiger partial charge in [0, 0.05) is 29.0 Å². The summed E-state index contributed by atoms with van der Waals surface area (Å²) >= 11 is 0. The maximum Gasteiger partial charge on any atom is 0.490 e. The summed E-state index contributed by atoms with van der Waals surface area (Å²) in [6.07, 6.45) is -1.41. The molecule has 2 aromatic carbocycles. The molecule has 0 bridgehead atoms. The molecule has 0 aliphatic rings. The number of hydrogen-bond acceptors (Lipinski definition) is 5. The van der Waals surface area contributed by atoms with Crippen LogP contribution in [0.3, 0.4) is 0 Å². The molecule has 0 fully saturated rings. The van der Waals surface area contributed by atoms with Gasteiger partial charge < -0.3 is 15.2 Å². The highest BCUT2D eigenvalue weighted by atomic mass is 19.4. The number of pyridine rings is 2. The van der Waals surface area contributed by atoms with E-state index in [0.717, 1.165) is 39.3 Å². The highest BCUT2D eigenvalue weighted by Crippen LogP contribution is 2.29. The molecule has 0 radical (unpaired) electrons. The quantitative estimate of drug-likeness (QED) is 0.424. The van der Waals surface area contributed by atoms with Gasteiger partial charge in [-0.15, -0.1) is 0 Å². The molecular weight excluding hydrogens is 423 g/mol. The Morgan fingerprint density at radius 1 is 0.969 bits per heavy atom. The summed E-state index contributed by atoms with van der Waals surface area (Å²) in [6, 6.07) is 22.0. The molecule has 0 unspecified atom stereocenters. The number of carbonyl (C=O) groups is 1. The standard InChI is InChI=1S/C21H17N3O.C2HF3O2/c1-25-17-10-8-15(9-11-17)16-13-18-19(23-14-16)5-4-6-20(18)24-21-7-2-3-12-22-21;3-2(4,5)1(6)7/h2-14H,1H3,(H,22,24);(H,6,7). The molecule has 32 heavy (non-hydrogen) atoms. The Balaban J connectivity index is 0.000000360. The molecule has 0 spiro atoms. The molecule has 4 aromatic rings. The highest BCUT2D eigenvalue weighted by molar-refractivity contribution is 5.95. The number of ether oxygens (including phenoxy) is 1. The van der Waals surface area contributed by atoms with Gasteiger partial charge in [-0.2, -0.15) is 13.2 Å². The van der Waals surface area contributed by atoms with Crippen LogP contribution in [-0.2, 0) is 4.79 Å². The van der Waals surface area contributed by atoms with E-state index in [1.807, 2.05) is 66.9 Å². The zero-order valence-corrected chi connectivity index (χ0v) is 16.8. The van der Waals surface area contributed by atoms with Crippen molar-refractivity contribution in [3.8, 4) is 16.9 Å².